The predicted molar refractivity (Wildman–Crippen MR) is 57.8 cm³/mol. The first-order valence-electron chi connectivity index (χ1n) is 4.90. The second-order valence-corrected chi connectivity index (χ2v) is 3.98. The van der Waals surface area contributed by atoms with E-state index in [1.807, 2.05) is 0 Å². The molecule has 0 saturated carbocycles. The first-order valence-corrected chi connectivity index (χ1v) is 5.28. The number of hydrogen-bond donors (Lipinski definition) is 1. The van der Waals surface area contributed by atoms with Crippen molar-refractivity contribution in [2.24, 2.45) is 5.92 Å². The maximum atomic E-state index is 10.9. The van der Waals surface area contributed by atoms with Gasteiger partial charge in [0.2, 0.25) is 0 Å². The van der Waals surface area contributed by atoms with Crippen molar-refractivity contribution in [1.82, 2.24) is 0 Å². The van der Waals surface area contributed by atoms with Crippen molar-refractivity contribution in [1.29, 1.82) is 0 Å². The predicted octanol–water partition coefficient (Wildman–Crippen LogP) is 1.82. The number of carbonyl (C=O) groups is 1. The number of halogens is 1. The number of rotatable bonds is 3. The van der Waals surface area contributed by atoms with Crippen LogP contribution in [-0.4, -0.2) is 30.4 Å². The molecule has 0 aliphatic carbocycles. The molecule has 0 bridgehead atoms. The highest BCUT2D eigenvalue weighted by Gasteiger charge is 2.36. The summed E-state index contributed by atoms with van der Waals surface area (Å²) >= 11 is 5.92. The third-order valence-corrected chi connectivity index (χ3v) is 2.77. The Morgan fingerprint density at radius 1 is 1.44 bits per heavy atom. The number of carboxylic acids is 1. The molecule has 2 atom stereocenters. The lowest BCUT2D eigenvalue weighted by Crippen LogP contribution is -2.31. The Kier molecular flexibility index (Phi) is 3.31. The molecule has 1 aromatic carbocycles. The molecule has 16 heavy (non-hydrogen) atoms. The zero-order valence-corrected chi connectivity index (χ0v) is 9.18. The monoisotopic (exact) mass is 242 g/mol. The van der Waals surface area contributed by atoms with Crippen molar-refractivity contribution in [3.05, 3.63) is 29.3 Å². The average molecular weight is 243 g/mol. The lowest BCUT2D eigenvalue weighted by molar-refractivity contribution is -0.143. The van der Waals surface area contributed by atoms with Crippen LogP contribution in [0.15, 0.2) is 24.3 Å². The number of ether oxygens (including phenoxy) is 2. The smallest absolute Gasteiger partial charge is 0.312 e. The summed E-state index contributed by atoms with van der Waals surface area (Å²) in [6, 6.07) is 6.98. The van der Waals surface area contributed by atoms with Crippen LogP contribution in [0.3, 0.4) is 0 Å². The summed E-state index contributed by atoms with van der Waals surface area (Å²) < 4.78 is 10.6. The van der Waals surface area contributed by atoms with Gasteiger partial charge < -0.3 is 14.6 Å². The minimum absolute atomic E-state index is 0.185. The number of hydrogen-bond acceptors (Lipinski definition) is 3. The molecule has 1 aromatic rings. The van der Waals surface area contributed by atoms with Crippen molar-refractivity contribution < 1.29 is 19.4 Å². The molecule has 1 saturated heterocycles. The number of carboxylic acid groups (broad SMARTS) is 1. The Bertz CT molecular complexity index is 393. The summed E-state index contributed by atoms with van der Waals surface area (Å²) in [5, 5.41) is 9.41. The Morgan fingerprint density at radius 2 is 2.19 bits per heavy atom. The van der Waals surface area contributed by atoms with Crippen LogP contribution in [0.2, 0.25) is 5.02 Å². The topological polar surface area (TPSA) is 55.8 Å². The van der Waals surface area contributed by atoms with Crippen LogP contribution in [0, 0.1) is 5.92 Å². The molecule has 0 spiro atoms. The summed E-state index contributed by atoms with van der Waals surface area (Å²) in [5.41, 5.74) is 0. The summed E-state index contributed by atoms with van der Waals surface area (Å²) in [6.45, 7) is 0.465. The lowest BCUT2D eigenvalue weighted by Gasteiger charge is -2.16. The SMILES string of the molecule is O=C(O)C1COCC1Oc1ccccc1Cl. The van der Waals surface area contributed by atoms with Crippen molar-refractivity contribution >= 4 is 17.6 Å². The van der Waals surface area contributed by atoms with Crippen molar-refractivity contribution in [2.75, 3.05) is 13.2 Å². The van der Waals surface area contributed by atoms with Gasteiger partial charge in [-0.25, -0.2) is 0 Å². The molecule has 1 aliphatic rings. The van der Waals surface area contributed by atoms with E-state index in [9.17, 15) is 4.79 Å². The Hall–Kier alpha value is -1.26. The van der Waals surface area contributed by atoms with E-state index in [0.29, 0.717) is 10.8 Å². The van der Waals surface area contributed by atoms with E-state index in [1.54, 1.807) is 24.3 Å². The zero-order valence-electron chi connectivity index (χ0n) is 8.43. The van der Waals surface area contributed by atoms with Gasteiger partial charge >= 0.3 is 5.97 Å². The van der Waals surface area contributed by atoms with Crippen LogP contribution >= 0.6 is 11.6 Å². The van der Waals surface area contributed by atoms with Crippen molar-refractivity contribution in [2.45, 2.75) is 6.10 Å². The number of benzene rings is 1. The molecule has 0 radical (unpaired) electrons. The van der Waals surface area contributed by atoms with E-state index >= 15 is 0 Å². The second-order valence-electron chi connectivity index (χ2n) is 3.57. The molecule has 1 N–H and O–H groups in total. The van der Waals surface area contributed by atoms with Crippen LogP contribution in [0.5, 0.6) is 5.75 Å². The highest BCUT2D eigenvalue weighted by Crippen LogP contribution is 2.27. The fraction of sp³-hybridized carbons (Fsp3) is 0.364. The molecule has 2 rings (SSSR count). The molecule has 5 heteroatoms. The van der Waals surface area contributed by atoms with Gasteiger partial charge in [0.1, 0.15) is 17.8 Å². The lowest BCUT2D eigenvalue weighted by atomic mass is 10.1. The van der Waals surface area contributed by atoms with Gasteiger partial charge in [-0.1, -0.05) is 23.7 Å². The van der Waals surface area contributed by atoms with Crippen molar-refractivity contribution in [3.63, 3.8) is 0 Å². The van der Waals surface area contributed by atoms with E-state index in [2.05, 4.69) is 0 Å². The summed E-state index contributed by atoms with van der Waals surface area (Å²) in [4.78, 5) is 10.9. The van der Waals surface area contributed by atoms with Gasteiger partial charge in [0.15, 0.2) is 0 Å². The largest absolute Gasteiger partial charge is 0.485 e. The Balaban J connectivity index is 2.10. The normalized spacial score (nSPS) is 24.3. The molecule has 1 heterocycles. The van der Waals surface area contributed by atoms with Crippen LogP contribution in [0.25, 0.3) is 0 Å². The Morgan fingerprint density at radius 3 is 2.88 bits per heavy atom. The van der Waals surface area contributed by atoms with E-state index < -0.39 is 18.0 Å². The molecular weight excluding hydrogens is 232 g/mol. The number of aliphatic carboxylic acids is 1. The third kappa shape index (κ3) is 2.28. The van der Waals surface area contributed by atoms with Crippen LogP contribution < -0.4 is 4.74 Å². The van der Waals surface area contributed by atoms with Crippen molar-refractivity contribution in [3.8, 4) is 5.75 Å². The first-order chi connectivity index (χ1) is 7.68. The minimum Gasteiger partial charge on any atom is -0.485 e. The molecular formula is C11H11ClO4. The molecule has 0 amide bonds. The average Bonchev–Trinajstić information content (AvgIpc) is 2.69. The van der Waals surface area contributed by atoms with E-state index in [-0.39, 0.29) is 13.2 Å². The Labute approximate surface area is 97.7 Å². The maximum Gasteiger partial charge on any atom is 0.312 e. The summed E-state index contributed by atoms with van der Waals surface area (Å²) in [7, 11) is 0. The molecule has 2 unspecified atom stereocenters. The standard InChI is InChI=1S/C11H11ClO4/c12-8-3-1-2-4-9(8)16-10-6-15-5-7(10)11(13)14/h1-4,7,10H,5-6H2,(H,13,14). The van der Waals surface area contributed by atoms with Gasteiger partial charge in [-0.3, -0.25) is 4.79 Å². The number of para-hydroxylation sites is 1. The highest BCUT2D eigenvalue weighted by molar-refractivity contribution is 6.32. The quantitative estimate of drug-likeness (QED) is 0.879. The van der Waals surface area contributed by atoms with E-state index in [0.717, 1.165) is 0 Å². The minimum atomic E-state index is -0.908. The molecule has 86 valence electrons. The van der Waals surface area contributed by atoms with Gasteiger partial charge in [-0.2, -0.15) is 0 Å². The summed E-state index contributed by atoms with van der Waals surface area (Å²) in [6.07, 6.45) is -0.475. The van der Waals surface area contributed by atoms with Gasteiger partial charge in [0, 0.05) is 0 Å². The summed E-state index contributed by atoms with van der Waals surface area (Å²) in [5.74, 6) is -1.04. The molecule has 0 aromatic heterocycles. The molecule has 1 fully saturated rings. The van der Waals surface area contributed by atoms with Gasteiger partial charge in [-0.15, -0.1) is 0 Å². The maximum absolute atomic E-state index is 10.9. The van der Waals surface area contributed by atoms with Crippen LogP contribution in [0.4, 0.5) is 0 Å². The zero-order chi connectivity index (χ0) is 11.5. The van der Waals surface area contributed by atoms with Crippen LogP contribution in [-0.2, 0) is 9.53 Å². The van der Waals surface area contributed by atoms with Gasteiger partial charge in [0.05, 0.1) is 18.2 Å². The molecule has 4 nitrogen and oxygen atoms in total. The first kappa shape index (κ1) is 11.2. The van der Waals surface area contributed by atoms with Gasteiger partial charge in [-0.05, 0) is 12.1 Å². The highest BCUT2D eigenvalue weighted by atomic mass is 35.5. The van der Waals surface area contributed by atoms with E-state index in [1.165, 1.54) is 0 Å². The fourth-order valence-electron chi connectivity index (χ4n) is 1.58. The molecule has 1 aliphatic heterocycles. The second kappa shape index (κ2) is 4.72. The van der Waals surface area contributed by atoms with E-state index in [4.69, 9.17) is 26.2 Å². The third-order valence-electron chi connectivity index (χ3n) is 2.46. The van der Waals surface area contributed by atoms with Crippen LogP contribution in [0.1, 0.15) is 0 Å². The van der Waals surface area contributed by atoms with Gasteiger partial charge in [0.25, 0.3) is 0 Å². The fourth-order valence-corrected chi connectivity index (χ4v) is 1.76.